The minimum absolute atomic E-state index is 0.274. The third-order valence-corrected chi connectivity index (χ3v) is 3.16. The average molecular weight is 287 g/mol. The maximum atomic E-state index is 13.8. The number of carbonyl (C=O) groups is 1. The van der Waals surface area contributed by atoms with Gasteiger partial charge in [0.15, 0.2) is 0 Å². The quantitative estimate of drug-likeness (QED) is 0.860. The van der Waals surface area contributed by atoms with Gasteiger partial charge in [-0.1, -0.05) is 42.5 Å². The van der Waals surface area contributed by atoms with Crippen molar-refractivity contribution in [1.82, 2.24) is 0 Å². The van der Waals surface area contributed by atoms with Crippen LogP contribution in [0.4, 0.5) is 4.39 Å². The molecule has 4 heteroatoms. The van der Waals surface area contributed by atoms with Gasteiger partial charge in [0.2, 0.25) is 0 Å². The molecule has 3 nitrogen and oxygen atoms in total. The van der Waals surface area contributed by atoms with E-state index in [2.05, 4.69) is 0 Å². The van der Waals surface area contributed by atoms with Crippen molar-refractivity contribution in [2.24, 2.45) is 5.73 Å². The van der Waals surface area contributed by atoms with Crippen LogP contribution in [-0.2, 0) is 16.0 Å². The topological polar surface area (TPSA) is 52.3 Å². The minimum Gasteiger partial charge on any atom is -0.465 e. The highest BCUT2D eigenvalue weighted by atomic mass is 19.1. The van der Waals surface area contributed by atoms with E-state index in [1.165, 1.54) is 6.07 Å². The van der Waals surface area contributed by atoms with E-state index in [1.807, 2.05) is 24.3 Å². The van der Waals surface area contributed by atoms with Gasteiger partial charge in [0.1, 0.15) is 11.9 Å². The summed E-state index contributed by atoms with van der Waals surface area (Å²) in [6, 6.07) is 13.2. The van der Waals surface area contributed by atoms with Gasteiger partial charge in [0, 0.05) is 5.56 Å². The predicted octanol–water partition coefficient (Wildman–Crippen LogP) is 2.93. The molecule has 0 saturated heterocycles. The molecule has 0 heterocycles. The number of halogens is 1. The maximum absolute atomic E-state index is 13.8. The third kappa shape index (κ3) is 3.89. The van der Waals surface area contributed by atoms with Crippen molar-refractivity contribution < 1.29 is 13.9 Å². The van der Waals surface area contributed by atoms with Crippen molar-refractivity contribution in [3.63, 3.8) is 0 Å². The second-order valence-electron chi connectivity index (χ2n) is 4.74. The molecule has 0 aliphatic heterocycles. The van der Waals surface area contributed by atoms with Crippen LogP contribution in [0.25, 0.3) is 11.1 Å². The molecule has 110 valence electrons. The van der Waals surface area contributed by atoms with Gasteiger partial charge in [-0.3, -0.25) is 4.79 Å². The average Bonchev–Trinajstić information content (AvgIpc) is 2.48. The predicted molar refractivity (Wildman–Crippen MR) is 80.1 cm³/mol. The van der Waals surface area contributed by atoms with Crippen LogP contribution < -0.4 is 5.73 Å². The molecule has 0 aromatic heterocycles. The number of carbonyl (C=O) groups excluding carboxylic acids is 1. The SMILES string of the molecule is CCOC(=O)[C@H](N)Cc1cccc(-c2ccccc2F)c1. The fourth-order valence-electron chi connectivity index (χ4n) is 2.15. The van der Waals surface area contributed by atoms with Gasteiger partial charge in [-0.2, -0.15) is 0 Å². The van der Waals surface area contributed by atoms with Crippen LogP contribution in [-0.4, -0.2) is 18.6 Å². The first-order valence-corrected chi connectivity index (χ1v) is 6.88. The molecule has 0 radical (unpaired) electrons. The van der Waals surface area contributed by atoms with Crippen molar-refractivity contribution in [2.75, 3.05) is 6.61 Å². The smallest absolute Gasteiger partial charge is 0.323 e. The molecule has 2 rings (SSSR count). The molecule has 0 spiro atoms. The number of benzene rings is 2. The van der Waals surface area contributed by atoms with Crippen LogP contribution >= 0.6 is 0 Å². The minimum atomic E-state index is -0.708. The number of rotatable bonds is 5. The van der Waals surface area contributed by atoms with E-state index in [-0.39, 0.29) is 5.82 Å². The zero-order chi connectivity index (χ0) is 15.2. The van der Waals surface area contributed by atoms with Crippen molar-refractivity contribution in [2.45, 2.75) is 19.4 Å². The molecule has 0 aliphatic carbocycles. The monoisotopic (exact) mass is 287 g/mol. The lowest BCUT2D eigenvalue weighted by Crippen LogP contribution is -2.34. The van der Waals surface area contributed by atoms with Crippen molar-refractivity contribution >= 4 is 5.97 Å². The molecule has 2 aromatic rings. The van der Waals surface area contributed by atoms with E-state index in [9.17, 15) is 9.18 Å². The summed E-state index contributed by atoms with van der Waals surface area (Å²) in [5.74, 6) is -0.696. The Hall–Kier alpha value is -2.20. The fourth-order valence-corrected chi connectivity index (χ4v) is 2.15. The van der Waals surface area contributed by atoms with E-state index in [0.717, 1.165) is 11.1 Å². The fraction of sp³-hybridized carbons (Fsp3) is 0.235. The maximum Gasteiger partial charge on any atom is 0.323 e. The van der Waals surface area contributed by atoms with Crippen molar-refractivity contribution in [3.8, 4) is 11.1 Å². The molecule has 2 N–H and O–H groups in total. The van der Waals surface area contributed by atoms with Gasteiger partial charge in [-0.25, -0.2) is 4.39 Å². The molecule has 2 aromatic carbocycles. The van der Waals surface area contributed by atoms with E-state index in [1.54, 1.807) is 25.1 Å². The van der Waals surface area contributed by atoms with Gasteiger partial charge in [-0.05, 0) is 30.5 Å². The third-order valence-electron chi connectivity index (χ3n) is 3.16. The summed E-state index contributed by atoms with van der Waals surface area (Å²) in [5, 5.41) is 0. The molecule has 1 atom stereocenters. The summed E-state index contributed by atoms with van der Waals surface area (Å²) >= 11 is 0. The zero-order valence-electron chi connectivity index (χ0n) is 11.9. The lowest BCUT2D eigenvalue weighted by atomic mass is 9.99. The Morgan fingerprint density at radius 1 is 1.24 bits per heavy atom. The first kappa shape index (κ1) is 15.2. The van der Waals surface area contributed by atoms with Gasteiger partial charge in [-0.15, -0.1) is 0 Å². The Kier molecular flexibility index (Phi) is 5.06. The number of ether oxygens (including phenoxy) is 1. The summed E-state index contributed by atoms with van der Waals surface area (Å²) in [6.45, 7) is 2.05. The van der Waals surface area contributed by atoms with Crippen molar-refractivity contribution in [1.29, 1.82) is 0 Å². The summed E-state index contributed by atoms with van der Waals surface area (Å²) in [6.07, 6.45) is 0.362. The van der Waals surface area contributed by atoms with Crippen LogP contribution in [0.15, 0.2) is 48.5 Å². The van der Waals surface area contributed by atoms with E-state index in [4.69, 9.17) is 10.5 Å². The van der Waals surface area contributed by atoms with Crippen LogP contribution in [0.2, 0.25) is 0 Å². The van der Waals surface area contributed by atoms with E-state index in [0.29, 0.717) is 18.6 Å². The molecule has 21 heavy (non-hydrogen) atoms. The Bertz CT molecular complexity index is 628. The molecule has 0 saturated carbocycles. The normalized spacial score (nSPS) is 12.0. The largest absolute Gasteiger partial charge is 0.465 e. The summed E-state index contributed by atoms with van der Waals surface area (Å²) < 4.78 is 18.7. The Morgan fingerprint density at radius 3 is 2.71 bits per heavy atom. The highest BCUT2D eigenvalue weighted by molar-refractivity contribution is 5.76. The van der Waals surface area contributed by atoms with Crippen molar-refractivity contribution in [3.05, 3.63) is 59.9 Å². The van der Waals surface area contributed by atoms with E-state index >= 15 is 0 Å². The summed E-state index contributed by atoms with van der Waals surface area (Å²) in [7, 11) is 0. The van der Waals surface area contributed by atoms with Crippen LogP contribution in [0.1, 0.15) is 12.5 Å². The second-order valence-corrected chi connectivity index (χ2v) is 4.74. The van der Waals surface area contributed by atoms with Crippen LogP contribution in [0.3, 0.4) is 0 Å². The first-order valence-electron chi connectivity index (χ1n) is 6.88. The molecule has 0 amide bonds. The first-order chi connectivity index (χ1) is 10.1. The molecule has 0 unspecified atom stereocenters. The lowest BCUT2D eigenvalue weighted by Gasteiger charge is -2.11. The van der Waals surface area contributed by atoms with Crippen LogP contribution in [0.5, 0.6) is 0 Å². The Morgan fingerprint density at radius 2 is 2.00 bits per heavy atom. The van der Waals surface area contributed by atoms with Crippen LogP contribution in [0, 0.1) is 5.82 Å². The number of nitrogens with two attached hydrogens (primary N) is 1. The number of esters is 1. The highest BCUT2D eigenvalue weighted by Crippen LogP contribution is 2.23. The highest BCUT2D eigenvalue weighted by Gasteiger charge is 2.15. The van der Waals surface area contributed by atoms with E-state index < -0.39 is 12.0 Å². The number of hydrogen-bond donors (Lipinski definition) is 1. The van der Waals surface area contributed by atoms with Gasteiger partial charge in [0.05, 0.1) is 6.61 Å². The molecular weight excluding hydrogens is 269 g/mol. The molecule has 0 fully saturated rings. The zero-order valence-corrected chi connectivity index (χ0v) is 11.9. The Balaban J connectivity index is 2.19. The molecular formula is C17H18FNO2. The lowest BCUT2D eigenvalue weighted by molar-refractivity contribution is -0.144. The van der Waals surface area contributed by atoms with Gasteiger partial charge < -0.3 is 10.5 Å². The molecule has 0 bridgehead atoms. The van der Waals surface area contributed by atoms with Gasteiger partial charge in [0.25, 0.3) is 0 Å². The standard InChI is InChI=1S/C17H18FNO2/c1-2-21-17(20)16(19)11-12-6-5-7-13(10-12)14-8-3-4-9-15(14)18/h3-10,16H,2,11,19H2,1H3/t16-/m1/s1. The van der Waals surface area contributed by atoms with Gasteiger partial charge >= 0.3 is 5.97 Å². The summed E-state index contributed by atoms with van der Waals surface area (Å²) in [4.78, 5) is 11.5. The second kappa shape index (κ2) is 6.99. The summed E-state index contributed by atoms with van der Waals surface area (Å²) in [5.41, 5.74) is 7.97. The molecule has 0 aliphatic rings. The number of hydrogen-bond acceptors (Lipinski definition) is 3. The Labute approximate surface area is 123 Å².